The Morgan fingerprint density at radius 3 is 3.06 bits per heavy atom. The van der Waals surface area contributed by atoms with E-state index >= 15 is 0 Å². The first-order valence-electron chi connectivity index (χ1n) is 6.54. The zero-order chi connectivity index (χ0) is 12.3. The van der Waals surface area contributed by atoms with Gasteiger partial charge in [0, 0.05) is 24.0 Å². The average Bonchev–Trinajstić information content (AvgIpc) is 2.34. The molecule has 1 aliphatic rings. The lowest BCUT2D eigenvalue weighted by Crippen LogP contribution is -2.41. The van der Waals surface area contributed by atoms with Crippen LogP contribution in [-0.4, -0.2) is 30.6 Å². The van der Waals surface area contributed by atoms with E-state index in [1.807, 2.05) is 12.1 Å². The van der Waals surface area contributed by atoms with Gasteiger partial charge in [-0.05, 0) is 50.6 Å². The number of aryl methyl sites for hydroxylation is 1. The summed E-state index contributed by atoms with van der Waals surface area (Å²) >= 11 is 0. The second kappa shape index (κ2) is 5.41. The molecule has 1 heterocycles. The molecule has 3 N–H and O–H groups in total. The lowest BCUT2D eigenvalue weighted by Gasteiger charge is -2.33. The molecule has 2 rings (SSSR count). The molecule has 3 heteroatoms. The summed E-state index contributed by atoms with van der Waals surface area (Å²) in [7, 11) is 0. The molecule has 94 valence electrons. The van der Waals surface area contributed by atoms with Gasteiger partial charge in [0.2, 0.25) is 0 Å². The molecule has 3 nitrogen and oxygen atoms in total. The molecule has 17 heavy (non-hydrogen) atoms. The van der Waals surface area contributed by atoms with Crippen LogP contribution < -0.4 is 11.1 Å². The summed E-state index contributed by atoms with van der Waals surface area (Å²) in [4.78, 5) is 2.50. The van der Waals surface area contributed by atoms with Gasteiger partial charge in [-0.1, -0.05) is 13.0 Å². The molecule has 1 aromatic rings. The summed E-state index contributed by atoms with van der Waals surface area (Å²) in [5, 5.41) is 3.63. The fraction of sp³-hybridized carbons (Fsp3) is 0.571. The fourth-order valence-corrected chi connectivity index (χ4v) is 2.48. The molecule has 0 aromatic heterocycles. The Morgan fingerprint density at radius 2 is 2.29 bits per heavy atom. The van der Waals surface area contributed by atoms with Crippen molar-refractivity contribution in [2.75, 3.05) is 30.7 Å². The monoisotopic (exact) mass is 233 g/mol. The minimum atomic E-state index is 0.559. The third-order valence-corrected chi connectivity index (χ3v) is 3.57. The van der Waals surface area contributed by atoms with Crippen molar-refractivity contribution in [2.24, 2.45) is 0 Å². The zero-order valence-corrected chi connectivity index (χ0v) is 10.9. The van der Waals surface area contributed by atoms with Gasteiger partial charge in [-0.2, -0.15) is 0 Å². The maximum atomic E-state index is 5.84. The third-order valence-electron chi connectivity index (χ3n) is 3.57. The third kappa shape index (κ3) is 3.13. The van der Waals surface area contributed by atoms with Crippen LogP contribution in [0.4, 0.5) is 11.4 Å². The van der Waals surface area contributed by atoms with Crippen molar-refractivity contribution in [3.63, 3.8) is 0 Å². The van der Waals surface area contributed by atoms with Crippen LogP contribution in [0.15, 0.2) is 18.2 Å². The molecule has 0 radical (unpaired) electrons. The number of nitrogens with zero attached hydrogens (tertiary/aromatic N) is 1. The summed E-state index contributed by atoms with van der Waals surface area (Å²) in [5.41, 5.74) is 9.13. The molecule has 0 saturated carbocycles. The van der Waals surface area contributed by atoms with E-state index in [0.29, 0.717) is 6.04 Å². The highest BCUT2D eigenvalue weighted by atomic mass is 15.2. The van der Waals surface area contributed by atoms with Crippen LogP contribution >= 0.6 is 0 Å². The van der Waals surface area contributed by atoms with Gasteiger partial charge in [0.25, 0.3) is 0 Å². The predicted molar refractivity (Wildman–Crippen MR) is 74.4 cm³/mol. The van der Waals surface area contributed by atoms with Crippen LogP contribution in [0.2, 0.25) is 0 Å². The van der Waals surface area contributed by atoms with Crippen molar-refractivity contribution >= 4 is 11.4 Å². The predicted octanol–water partition coefficient (Wildman–Crippen LogP) is 2.47. The van der Waals surface area contributed by atoms with Gasteiger partial charge in [0.1, 0.15) is 0 Å². The van der Waals surface area contributed by atoms with Crippen molar-refractivity contribution in [1.29, 1.82) is 0 Å². The van der Waals surface area contributed by atoms with Gasteiger partial charge < -0.3 is 16.0 Å². The van der Waals surface area contributed by atoms with E-state index in [-0.39, 0.29) is 0 Å². The highest BCUT2D eigenvalue weighted by Crippen LogP contribution is 2.21. The van der Waals surface area contributed by atoms with Crippen molar-refractivity contribution in [2.45, 2.75) is 32.7 Å². The molecule has 0 bridgehead atoms. The molecule has 0 amide bonds. The van der Waals surface area contributed by atoms with Crippen LogP contribution in [0.3, 0.4) is 0 Å². The number of nitrogen functional groups attached to an aromatic ring is 1. The van der Waals surface area contributed by atoms with Gasteiger partial charge in [-0.25, -0.2) is 0 Å². The van der Waals surface area contributed by atoms with E-state index in [0.717, 1.165) is 18.8 Å². The summed E-state index contributed by atoms with van der Waals surface area (Å²) in [6.07, 6.45) is 2.54. The number of nitrogens with one attached hydrogen (secondary N) is 1. The molecule has 0 spiro atoms. The number of likely N-dealkylation sites (N-methyl/N-ethyl adjacent to an activating group) is 1. The molecule has 1 fully saturated rings. The van der Waals surface area contributed by atoms with E-state index in [9.17, 15) is 0 Å². The number of hydrogen-bond donors (Lipinski definition) is 2. The van der Waals surface area contributed by atoms with E-state index in [1.54, 1.807) is 0 Å². The molecule has 0 aliphatic carbocycles. The number of nitrogens with two attached hydrogens (primary N) is 1. The fourth-order valence-electron chi connectivity index (χ4n) is 2.48. The van der Waals surface area contributed by atoms with Crippen LogP contribution in [0.5, 0.6) is 0 Å². The van der Waals surface area contributed by atoms with Crippen molar-refractivity contribution < 1.29 is 0 Å². The second-order valence-electron chi connectivity index (χ2n) is 4.95. The van der Waals surface area contributed by atoms with Gasteiger partial charge in [0.15, 0.2) is 0 Å². The van der Waals surface area contributed by atoms with E-state index in [1.165, 1.54) is 30.6 Å². The number of benzene rings is 1. The van der Waals surface area contributed by atoms with Gasteiger partial charge in [0.05, 0.1) is 0 Å². The smallest absolute Gasteiger partial charge is 0.0393 e. The van der Waals surface area contributed by atoms with Crippen molar-refractivity contribution in [1.82, 2.24) is 4.90 Å². The first-order valence-corrected chi connectivity index (χ1v) is 6.54. The number of piperidine rings is 1. The first-order chi connectivity index (χ1) is 8.19. The lowest BCUT2D eigenvalue weighted by atomic mass is 10.0. The average molecular weight is 233 g/mol. The van der Waals surface area contributed by atoms with Crippen LogP contribution in [0, 0.1) is 6.92 Å². The molecule has 1 aromatic carbocycles. The Bertz CT molecular complexity index is 376. The molecule has 1 atom stereocenters. The summed E-state index contributed by atoms with van der Waals surface area (Å²) in [5.74, 6) is 0. The Hall–Kier alpha value is -1.22. The molecular weight excluding hydrogens is 210 g/mol. The Morgan fingerprint density at radius 1 is 1.47 bits per heavy atom. The molecular formula is C14H23N3. The Kier molecular flexibility index (Phi) is 3.89. The van der Waals surface area contributed by atoms with E-state index < -0.39 is 0 Å². The van der Waals surface area contributed by atoms with Crippen LogP contribution in [0.25, 0.3) is 0 Å². The normalized spacial score (nSPS) is 21.4. The van der Waals surface area contributed by atoms with Gasteiger partial charge in [-0.3, -0.25) is 0 Å². The van der Waals surface area contributed by atoms with Crippen LogP contribution in [-0.2, 0) is 0 Å². The first kappa shape index (κ1) is 12.2. The highest BCUT2D eigenvalue weighted by molar-refractivity contribution is 5.59. The maximum Gasteiger partial charge on any atom is 0.0393 e. The Balaban J connectivity index is 2.02. The van der Waals surface area contributed by atoms with E-state index in [2.05, 4.69) is 30.1 Å². The molecule has 1 aliphatic heterocycles. The quantitative estimate of drug-likeness (QED) is 0.788. The van der Waals surface area contributed by atoms with Gasteiger partial charge >= 0.3 is 0 Å². The number of anilines is 2. The molecule has 1 unspecified atom stereocenters. The van der Waals surface area contributed by atoms with Gasteiger partial charge in [-0.15, -0.1) is 0 Å². The summed E-state index contributed by atoms with van der Waals surface area (Å²) in [6.45, 7) is 7.89. The SMILES string of the molecule is CCN1CCCC(Nc2cc(N)ccc2C)C1. The zero-order valence-electron chi connectivity index (χ0n) is 10.9. The number of hydrogen-bond acceptors (Lipinski definition) is 3. The minimum Gasteiger partial charge on any atom is -0.399 e. The maximum absolute atomic E-state index is 5.84. The summed E-state index contributed by atoms with van der Waals surface area (Å²) in [6, 6.07) is 6.64. The van der Waals surface area contributed by atoms with Crippen molar-refractivity contribution in [3.8, 4) is 0 Å². The Labute approximate surface area is 104 Å². The topological polar surface area (TPSA) is 41.3 Å². The lowest BCUT2D eigenvalue weighted by molar-refractivity contribution is 0.227. The number of rotatable bonds is 3. The van der Waals surface area contributed by atoms with E-state index in [4.69, 9.17) is 5.73 Å². The molecule has 1 saturated heterocycles. The van der Waals surface area contributed by atoms with Crippen LogP contribution in [0.1, 0.15) is 25.3 Å². The largest absolute Gasteiger partial charge is 0.399 e. The highest BCUT2D eigenvalue weighted by Gasteiger charge is 2.18. The number of likely N-dealkylation sites (tertiary alicyclic amines) is 1. The second-order valence-corrected chi connectivity index (χ2v) is 4.95. The van der Waals surface area contributed by atoms with Crippen molar-refractivity contribution in [3.05, 3.63) is 23.8 Å². The summed E-state index contributed by atoms with van der Waals surface area (Å²) < 4.78 is 0. The minimum absolute atomic E-state index is 0.559. The standard InChI is InChI=1S/C14H23N3/c1-3-17-8-4-5-13(10-17)16-14-9-12(15)7-6-11(14)2/h6-7,9,13,16H,3-5,8,10,15H2,1-2H3.